The summed E-state index contributed by atoms with van der Waals surface area (Å²) in [6, 6.07) is 8.88. The first-order valence-electron chi connectivity index (χ1n) is 6.67. The highest BCUT2D eigenvalue weighted by Gasteiger charge is 2.08. The van der Waals surface area contributed by atoms with Gasteiger partial charge in [-0.3, -0.25) is 0 Å². The molecule has 102 valence electrons. The van der Waals surface area contributed by atoms with Crippen molar-refractivity contribution in [2.45, 2.75) is 49.4 Å². The number of benzene rings is 1. The molecule has 0 fully saturated rings. The van der Waals surface area contributed by atoms with Gasteiger partial charge in [0.15, 0.2) is 0 Å². The molecule has 0 aliphatic carbocycles. The molecule has 1 aromatic heterocycles. The summed E-state index contributed by atoms with van der Waals surface area (Å²) in [5.74, 6) is 0.974. The summed E-state index contributed by atoms with van der Waals surface area (Å²) in [5, 5.41) is 0. The minimum Gasteiger partial charge on any atom is -0.468 e. The third-order valence-corrected chi connectivity index (χ3v) is 4.61. The monoisotopic (exact) mass is 275 g/mol. The van der Waals surface area contributed by atoms with Crippen molar-refractivity contribution in [1.82, 2.24) is 0 Å². The molecule has 1 atom stereocenters. The Labute approximate surface area is 119 Å². The van der Waals surface area contributed by atoms with Crippen LogP contribution in [0, 0.1) is 13.8 Å². The van der Waals surface area contributed by atoms with Crippen molar-refractivity contribution >= 4 is 11.8 Å². The first-order chi connectivity index (χ1) is 9.10. The zero-order valence-corrected chi connectivity index (χ0v) is 12.6. The highest BCUT2D eigenvalue weighted by atomic mass is 32.2. The lowest BCUT2D eigenvalue weighted by atomic mass is 10.0. The maximum Gasteiger partial charge on any atom is 0.114 e. The average molecular weight is 275 g/mol. The molecule has 2 N–H and O–H groups in total. The lowest BCUT2D eigenvalue weighted by molar-refractivity contribution is 0.527. The van der Waals surface area contributed by atoms with E-state index in [0.717, 1.165) is 18.6 Å². The van der Waals surface area contributed by atoms with Gasteiger partial charge in [-0.05, 0) is 49.9 Å². The third kappa shape index (κ3) is 3.64. The second-order valence-corrected chi connectivity index (χ2v) is 6.00. The van der Waals surface area contributed by atoms with Gasteiger partial charge in [0.05, 0.1) is 11.2 Å². The standard InChI is InChI=1S/C16H21NOS/c1-4-14(17)10-13-5-6-15(11(2)9-13)19-16-7-8-18-12(16)3/h5-9,14H,4,10,17H2,1-3H3. The predicted molar refractivity (Wildman–Crippen MR) is 80.7 cm³/mol. The van der Waals surface area contributed by atoms with Crippen LogP contribution in [0.2, 0.25) is 0 Å². The molecule has 0 radical (unpaired) electrons. The zero-order valence-electron chi connectivity index (χ0n) is 11.8. The van der Waals surface area contributed by atoms with E-state index in [1.54, 1.807) is 18.0 Å². The van der Waals surface area contributed by atoms with Crippen molar-refractivity contribution in [3.8, 4) is 0 Å². The van der Waals surface area contributed by atoms with Gasteiger partial charge in [-0.15, -0.1) is 0 Å². The summed E-state index contributed by atoms with van der Waals surface area (Å²) in [4.78, 5) is 2.46. The first kappa shape index (κ1) is 14.2. The highest BCUT2D eigenvalue weighted by Crippen LogP contribution is 2.33. The van der Waals surface area contributed by atoms with Crippen molar-refractivity contribution in [1.29, 1.82) is 0 Å². The number of aryl methyl sites for hydroxylation is 2. The molecule has 2 nitrogen and oxygen atoms in total. The van der Waals surface area contributed by atoms with Gasteiger partial charge >= 0.3 is 0 Å². The number of hydrogen-bond donors (Lipinski definition) is 1. The van der Waals surface area contributed by atoms with Crippen LogP contribution in [-0.4, -0.2) is 6.04 Å². The van der Waals surface area contributed by atoms with Crippen molar-refractivity contribution in [3.63, 3.8) is 0 Å². The zero-order chi connectivity index (χ0) is 13.8. The molecule has 0 aliphatic rings. The highest BCUT2D eigenvalue weighted by molar-refractivity contribution is 7.99. The van der Waals surface area contributed by atoms with Crippen LogP contribution in [0.4, 0.5) is 0 Å². The van der Waals surface area contributed by atoms with Gasteiger partial charge in [0.25, 0.3) is 0 Å². The molecular weight excluding hydrogens is 254 g/mol. The Hall–Kier alpha value is -1.19. The normalized spacial score (nSPS) is 12.6. The molecule has 2 aromatic rings. The molecular formula is C16H21NOS. The molecule has 3 heteroatoms. The van der Waals surface area contributed by atoms with Crippen molar-refractivity contribution in [2.75, 3.05) is 0 Å². The van der Waals surface area contributed by atoms with E-state index >= 15 is 0 Å². The third-order valence-electron chi connectivity index (χ3n) is 3.29. The van der Waals surface area contributed by atoms with Crippen LogP contribution in [0.3, 0.4) is 0 Å². The maximum absolute atomic E-state index is 6.01. The molecule has 0 spiro atoms. The minimum absolute atomic E-state index is 0.258. The molecule has 19 heavy (non-hydrogen) atoms. The Kier molecular flexibility index (Phi) is 4.72. The molecule has 1 unspecified atom stereocenters. The van der Waals surface area contributed by atoms with Gasteiger partial charge in [0.1, 0.15) is 5.76 Å². The Morgan fingerprint density at radius 3 is 2.58 bits per heavy atom. The van der Waals surface area contributed by atoms with Gasteiger partial charge < -0.3 is 10.2 Å². The molecule has 0 aliphatic heterocycles. The Morgan fingerprint density at radius 2 is 2.00 bits per heavy atom. The summed E-state index contributed by atoms with van der Waals surface area (Å²) in [6.45, 7) is 6.27. The van der Waals surface area contributed by atoms with E-state index in [0.29, 0.717) is 0 Å². The quantitative estimate of drug-likeness (QED) is 0.883. The maximum atomic E-state index is 6.01. The Balaban J connectivity index is 2.13. The van der Waals surface area contributed by atoms with Crippen LogP contribution in [0.15, 0.2) is 44.7 Å². The topological polar surface area (TPSA) is 39.2 Å². The number of furan rings is 1. The second kappa shape index (κ2) is 6.31. The first-order valence-corrected chi connectivity index (χ1v) is 7.49. The lowest BCUT2D eigenvalue weighted by Gasteiger charge is -2.11. The SMILES string of the molecule is CCC(N)Cc1ccc(Sc2ccoc2C)c(C)c1. The average Bonchev–Trinajstić information content (AvgIpc) is 2.78. The van der Waals surface area contributed by atoms with Crippen LogP contribution in [0.5, 0.6) is 0 Å². The number of rotatable bonds is 5. The Morgan fingerprint density at radius 1 is 1.21 bits per heavy atom. The minimum atomic E-state index is 0.258. The van der Waals surface area contributed by atoms with E-state index in [-0.39, 0.29) is 6.04 Å². The molecule has 0 amide bonds. The van der Waals surface area contributed by atoms with Crippen LogP contribution >= 0.6 is 11.8 Å². The van der Waals surface area contributed by atoms with E-state index in [1.165, 1.54) is 20.9 Å². The van der Waals surface area contributed by atoms with Crippen LogP contribution in [0.25, 0.3) is 0 Å². The Bertz CT molecular complexity index is 547. The number of nitrogens with two attached hydrogens (primary N) is 1. The molecule has 0 bridgehead atoms. The van der Waals surface area contributed by atoms with Crippen molar-refractivity contribution in [2.24, 2.45) is 5.73 Å². The summed E-state index contributed by atoms with van der Waals surface area (Å²) in [5.41, 5.74) is 8.62. The lowest BCUT2D eigenvalue weighted by Crippen LogP contribution is -2.21. The van der Waals surface area contributed by atoms with E-state index in [2.05, 4.69) is 32.0 Å². The number of hydrogen-bond acceptors (Lipinski definition) is 3. The van der Waals surface area contributed by atoms with Crippen molar-refractivity contribution < 1.29 is 4.42 Å². The van der Waals surface area contributed by atoms with Gasteiger partial charge in [-0.2, -0.15) is 0 Å². The fourth-order valence-corrected chi connectivity index (χ4v) is 2.91. The smallest absolute Gasteiger partial charge is 0.114 e. The van der Waals surface area contributed by atoms with Crippen LogP contribution in [0.1, 0.15) is 30.2 Å². The van der Waals surface area contributed by atoms with Crippen molar-refractivity contribution in [3.05, 3.63) is 47.4 Å². The second-order valence-electron chi connectivity index (χ2n) is 4.92. The van der Waals surface area contributed by atoms with Crippen LogP contribution < -0.4 is 5.73 Å². The fraction of sp³-hybridized carbons (Fsp3) is 0.375. The van der Waals surface area contributed by atoms with Gasteiger partial charge in [-0.25, -0.2) is 0 Å². The van der Waals surface area contributed by atoms with Crippen LogP contribution in [-0.2, 0) is 6.42 Å². The largest absolute Gasteiger partial charge is 0.468 e. The van der Waals surface area contributed by atoms with Gasteiger partial charge in [0, 0.05) is 10.9 Å². The summed E-state index contributed by atoms with van der Waals surface area (Å²) in [7, 11) is 0. The van der Waals surface area contributed by atoms with Gasteiger partial charge in [-0.1, -0.05) is 30.8 Å². The summed E-state index contributed by atoms with van der Waals surface area (Å²) < 4.78 is 5.33. The molecule has 0 saturated heterocycles. The van der Waals surface area contributed by atoms with E-state index < -0.39 is 0 Å². The van der Waals surface area contributed by atoms with E-state index in [1.807, 2.05) is 13.0 Å². The summed E-state index contributed by atoms with van der Waals surface area (Å²) in [6.07, 6.45) is 3.71. The summed E-state index contributed by atoms with van der Waals surface area (Å²) >= 11 is 1.76. The molecule has 1 heterocycles. The molecule has 0 saturated carbocycles. The van der Waals surface area contributed by atoms with E-state index in [4.69, 9.17) is 10.2 Å². The molecule has 2 rings (SSSR count). The van der Waals surface area contributed by atoms with Gasteiger partial charge in [0.2, 0.25) is 0 Å². The predicted octanol–water partition coefficient (Wildman–Crippen LogP) is 4.33. The van der Waals surface area contributed by atoms with E-state index in [9.17, 15) is 0 Å². The molecule has 1 aromatic carbocycles. The fourth-order valence-electron chi connectivity index (χ4n) is 2.00.